The molecule has 0 atom stereocenters. The Kier molecular flexibility index (Phi) is 2.84. The summed E-state index contributed by atoms with van der Waals surface area (Å²) in [7, 11) is 2.05. The van der Waals surface area contributed by atoms with E-state index in [-0.39, 0.29) is 0 Å². The van der Waals surface area contributed by atoms with Crippen molar-refractivity contribution in [1.82, 2.24) is 4.57 Å². The van der Waals surface area contributed by atoms with Crippen LogP contribution < -0.4 is 0 Å². The first kappa shape index (κ1) is 11.6. The molecule has 0 fully saturated rings. The van der Waals surface area contributed by atoms with Crippen molar-refractivity contribution in [3.63, 3.8) is 0 Å². The number of hydrogen-bond donors (Lipinski definition) is 1. The van der Waals surface area contributed by atoms with Gasteiger partial charge in [-0.1, -0.05) is 42.5 Å². The number of nitrogens with zero attached hydrogens (tertiary/aromatic N) is 1. The summed E-state index contributed by atoms with van der Waals surface area (Å²) >= 11 is 0. The minimum absolute atomic E-state index is 0.294. The van der Waals surface area contributed by atoms with Gasteiger partial charge in [-0.2, -0.15) is 0 Å². The number of rotatable bonds is 2. The third-order valence-corrected chi connectivity index (χ3v) is 3.28. The molecule has 0 saturated carbocycles. The van der Waals surface area contributed by atoms with Crippen LogP contribution >= 0.6 is 0 Å². The molecule has 0 spiro atoms. The maximum atomic E-state index is 9.34. The monoisotopic (exact) mass is 249 g/mol. The molecule has 1 N–H and O–H groups in total. The summed E-state index contributed by atoms with van der Waals surface area (Å²) in [5, 5.41) is 9.34. The van der Waals surface area contributed by atoms with E-state index in [2.05, 4.69) is 29.0 Å². The zero-order valence-corrected chi connectivity index (χ0v) is 10.7. The van der Waals surface area contributed by atoms with Crippen LogP contribution in [-0.4, -0.2) is 9.67 Å². The van der Waals surface area contributed by atoms with Crippen LogP contribution in [0, 0.1) is 0 Å². The van der Waals surface area contributed by atoms with Gasteiger partial charge in [-0.05, 0) is 34.9 Å². The lowest BCUT2D eigenvalue weighted by Gasteiger charge is -2.01. The molecule has 2 aromatic carbocycles. The molecule has 1 heterocycles. The molecule has 3 rings (SSSR count). The maximum Gasteiger partial charge on any atom is 0.115 e. The van der Waals surface area contributed by atoms with Crippen LogP contribution in [0.15, 0.2) is 66.9 Å². The van der Waals surface area contributed by atoms with Crippen molar-refractivity contribution in [1.29, 1.82) is 0 Å². The second-order valence-corrected chi connectivity index (χ2v) is 4.64. The molecule has 0 aliphatic heterocycles. The van der Waals surface area contributed by atoms with Gasteiger partial charge in [0.05, 0.1) is 0 Å². The van der Waals surface area contributed by atoms with Crippen molar-refractivity contribution in [3.05, 3.63) is 66.9 Å². The Balaban J connectivity index is 2.04. The molecule has 0 bridgehead atoms. The van der Waals surface area contributed by atoms with Gasteiger partial charge in [0.25, 0.3) is 0 Å². The summed E-state index contributed by atoms with van der Waals surface area (Å²) in [6.07, 6.45) is 2.11. The van der Waals surface area contributed by atoms with E-state index in [1.165, 1.54) is 11.3 Å². The van der Waals surface area contributed by atoms with E-state index < -0.39 is 0 Å². The van der Waals surface area contributed by atoms with Gasteiger partial charge < -0.3 is 9.67 Å². The van der Waals surface area contributed by atoms with Gasteiger partial charge in [-0.3, -0.25) is 0 Å². The normalized spacial score (nSPS) is 10.6. The average Bonchev–Trinajstić information content (AvgIpc) is 2.83. The molecule has 19 heavy (non-hydrogen) atoms. The largest absolute Gasteiger partial charge is 0.508 e. The molecule has 0 aliphatic carbocycles. The highest BCUT2D eigenvalue weighted by Crippen LogP contribution is 2.28. The van der Waals surface area contributed by atoms with Crippen molar-refractivity contribution in [2.45, 2.75) is 0 Å². The van der Waals surface area contributed by atoms with Gasteiger partial charge in [0, 0.05) is 18.9 Å². The van der Waals surface area contributed by atoms with Gasteiger partial charge in [-0.15, -0.1) is 0 Å². The van der Waals surface area contributed by atoms with E-state index in [9.17, 15) is 5.11 Å². The fourth-order valence-electron chi connectivity index (χ4n) is 2.27. The van der Waals surface area contributed by atoms with Crippen LogP contribution in [0.2, 0.25) is 0 Å². The third kappa shape index (κ3) is 2.25. The maximum absolute atomic E-state index is 9.34. The highest BCUT2D eigenvalue weighted by Gasteiger charge is 2.06. The predicted octanol–water partition coefficient (Wildman–Crippen LogP) is 4.06. The van der Waals surface area contributed by atoms with Crippen molar-refractivity contribution in [2.24, 2.45) is 7.05 Å². The molecule has 94 valence electrons. The van der Waals surface area contributed by atoms with Crippen LogP contribution in [0.1, 0.15) is 0 Å². The zero-order chi connectivity index (χ0) is 13.2. The molecular formula is C17H15NO. The molecule has 1 aromatic heterocycles. The lowest BCUT2D eigenvalue weighted by atomic mass is 10.1. The highest BCUT2D eigenvalue weighted by atomic mass is 16.3. The third-order valence-electron chi connectivity index (χ3n) is 3.28. The summed E-state index contributed by atoms with van der Waals surface area (Å²) in [5.74, 6) is 0.294. The minimum atomic E-state index is 0.294. The summed E-state index contributed by atoms with van der Waals surface area (Å²) in [5.41, 5.74) is 4.65. The minimum Gasteiger partial charge on any atom is -0.508 e. The first-order valence-electron chi connectivity index (χ1n) is 6.25. The van der Waals surface area contributed by atoms with Gasteiger partial charge >= 0.3 is 0 Å². The highest BCUT2D eigenvalue weighted by molar-refractivity contribution is 5.72. The van der Waals surface area contributed by atoms with E-state index in [1.54, 1.807) is 12.1 Å². The molecule has 0 unspecified atom stereocenters. The van der Waals surface area contributed by atoms with Crippen molar-refractivity contribution < 1.29 is 5.11 Å². The smallest absolute Gasteiger partial charge is 0.115 e. The Bertz CT molecular complexity index is 681. The Labute approximate surface area is 112 Å². The number of benzene rings is 2. The Morgan fingerprint density at radius 3 is 2.16 bits per heavy atom. The molecule has 0 aliphatic rings. The fourth-order valence-corrected chi connectivity index (χ4v) is 2.27. The van der Waals surface area contributed by atoms with E-state index in [4.69, 9.17) is 0 Å². The van der Waals surface area contributed by atoms with Crippen molar-refractivity contribution in [3.8, 4) is 28.1 Å². The van der Waals surface area contributed by atoms with Gasteiger partial charge in [0.15, 0.2) is 0 Å². The Morgan fingerprint density at radius 2 is 1.47 bits per heavy atom. The number of aromatic nitrogens is 1. The number of aryl methyl sites for hydroxylation is 1. The molecular weight excluding hydrogens is 234 g/mol. The lowest BCUT2D eigenvalue weighted by Crippen LogP contribution is -1.88. The van der Waals surface area contributed by atoms with E-state index in [0.717, 1.165) is 11.1 Å². The summed E-state index contributed by atoms with van der Waals surface area (Å²) in [6.45, 7) is 0. The molecule has 2 nitrogen and oxygen atoms in total. The van der Waals surface area contributed by atoms with Crippen LogP contribution in [0.4, 0.5) is 0 Å². The molecule has 2 heteroatoms. The lowest BCUT2D eigenvalue weighted by molar-refractivity contribution is 0.475. The summed E-state index contributed by atoms with van der Waals surface area (Å²) in [6, 6.07) is 19.8. The molecule has 3 aromatic rings. The number of aromatic hydroxyl groups is 1. The summed E-state index contributed by atoms with van der Waals surface area (Å²) < 4.78 is 2.12. The van der Waals surface area contributed by atoms with Crippen LogP contribution in [0.3, 0.4) is 0 Å². The van der Waals surface area contributed by atoms with Crippen molar-refractivity contribution >= 4 is 0 Å². The summed E-state index contributed by atoms with van der Waals surface area (Å²) in [4.78, 5) is 0. The van der Waals surface area contributed by atoms with Gasteiger partial charge in [0.2, 0.25) is 0 Å². The standard InChI is InChI=1S/C17H15NO/c1-18-12-15(13-7-9-16(19)10-8-13)11-17(18)14-5-3-2-4-6-14/h2-12,19H,1H3. The van der Waals surface area contributed by atoms with Crippen molar-refractivity contribution in [2.75, 3.05) is 0 Å². The SMILES string of the molecule is Cn1cc(-c2ccc(O)cc2)cc1-c1ccccc1. The second kappa shape index (κ2) is 4.65. The van der Waals surface area contributed by atoms with Crippen LogP contribution in [0.5, 0.6) is 5.75 Å². The first-order chi connectivity index (χ1) is 9.24. The number of hydrogen-bond acceptors (Lipinski definition) is 1. The fraction of sp³-hybridized carbons (Fsp3) is 0.0588. The topological polar surface area (TPSA) is 25.2 Å². The predicted molar refractivity (Wildman–Crippen MR) is 77.9 cm³/mol. The average molecular weight is 249 g/mol. The van der Waals surface area contributed by atoms with Crippen LogP contribution in [0.25, 0.3) is 22.4 Å². The quantitative estimate of drug-likeness (QED) is 0.727. The van der Waals surface area contributed by atoms with E-state index >= 15 is 0 Å². The Hall–Kier alpha value is -2.48. The first-order valence-corrected chi connectivity index (χ1v) is 6.25. The number of phenols is 1. The second-order valence-electron chi connectivity index (χ2n) is 4.64. The molecule has 0 amide bonds. The van der Waals surface area contributed by atoms with E-state index in [1.807, 2.05) is 37.4 Å². The zero-order valence-electron chi connectivity index (χ0n) is 10.7. The number of phenolic OH excluding ortho intramolecular Hbond substituents is 1. The molecule has 0 saturated heterocycles. The van der Waals surface area contributed by atoms with Gasteiger partial charge in [-0.25, -0.2) is 0 Å². The Morgan fingerprint density at radius 1 is 0.789 bits per heavy atom. The van der Waals surface area contributed by atoms with Gasteiger partial charge in [0.1, 0.15) is 5.75 Å². The van der Waals surface area contributed by atoms with E-state index in [0.29, 0.717) is 5.75 Å². The molecule has 0 radical (unpaired) electrons. The van der Waals surface area contributed by atoms with Crippen LogP contribution in [-0.2, 0) is 7.05 Å².